The molecule has 8 nitrogen and oxygen atoms in total. The van der Waals surface area contributed by atoms with Crippen molar-refractivity contribution in [2.75, 3.05) is 25.1 Å². The lowest BCUT2D eigenvalue weighted by molar-refractivity contribution is -0.122. The van der Waals surface area contributed by atoms with Gasteiger partial charge in [-0.25, -0.2) is 4.79 Å². The van der Waals surface area contributed by atoms with E-state index in [2.05, 4.69) is 26.6 Å². The number of amides is 4. The number of rotatable bonds is 8. The van der Waals surface area contributed by atoms with Crippen molar-refractivity contribution in [1.82, 2.24) is 10.2 Å². The quantitative estimate of drug-likeness (QED) is 0.436. The highest BCUT2D eigenvalue weighted by Gasteiger charge is 2.32. The van der Waals surface area contributed by atoms with Gasteiger partial charge in [0, 0.05) is 12.2 Å². The summed E-state index contributed by atoms with van der Waals surface area (Å²) in [6.45, 7) is 4.00. The van der Waals surface area contributed by atoms with Crippen molar-refractivity contribution in [3.63, 3.8) is 0 Å². The Morgan fingerprint density at radius 1 is 1.16 bits per heavy atom. The van der Waals surface area contributed by atoms with Crippen molar-refractivity contribution < 1.29 is 23.9 Å². The Bertz CT molecular complexity index is 1020. The second kappa shape index (κ2) is 10.1. The van der Waals surface area contributed by atoms with Gasteiger partial charge in [0.15, 0.2) is 18.1 Å². The van der Waals surface area contributed by atoms with Crippen LogP contribution in [0.15, 0.2) is 52.6 Å². The van der Waals surface area contributed by atoms with Crippen molar-refractivity contribution in [2.45, 2.75) is 13.8 Å². The largest absolute Gasteiger partial charge is 0.490 e. The highest BCUT2D eigenvalue weighted by molar-refractivity contribution is 9.10. The van der Waals surface area contributed by atoms with Gasteiger partial charge in [-0.3, -0.25) is 14.5 Å². The molecule has 1 aliphatic rings. The van der Waals surface area contributed by atoms with E-state index >= 15 is 0 Å². The van der Waals surface area contributed by atoms with Crippen LogP contribution in [-0.4, -0.2) is 42.5 Å². The molecular formula is C22H22BrN3O5. The van der Waals surface area contributed by atoms with E-state index in [0.29, 0.717) is 33.8 Å². The molecule has 0 aromatic heterocycles. The number of ether oxygens (including phenoxy) is 2. The van der Waals surface area contributed by atoms with Crippen LogP contribution in [0, 0.1) is 0 Å². The van der Waals surface area contributed by atoms with E-state index in [9.17, 15) is 14.4 Å². The molecule has 31 heavy (non-hydrogen) atoms. The molecule has 0 unspecified atom stereocenters. The number of para-hydroxylation sites is 1. The van der Waals surface area contributed by atoms with E-state index < -0.39 is 6.03 Å². The van der Waals surface area contributed by atoms with Gasteiger partial charge in [0.1, 0.15) is 5.70 Å². The van der Waals surface area contributed by atoms with Gasteiger partial charge < -0.3 is 20.1 Å². The molecule has 0 spiro atoms. The average molecular weight is 488 g/mol. The summed E-state index contributed by atoms with van der Waals surface area (Å²) in [6, 6.07) is 12.0. The number of carbonyl (C=O) groups excluding carboxylic acids is 3. The van der Waals surface area contributed by atoms with Gasteiger partial charge in [-0.15, -0.1) is 0 Å². The number of hydrogen-bond acceptors (Lipinski definition) is 5. The second-order valence-electron chi connectivity index (χ2n) is 6.50. The molecule has 1 heterocycles. The highest BCUT2D eigenvalue weighted by Crippen LogP contribution is 2.37. The van der Waals surface area contributed by atoms with Crippen LogP contribution < -0.4 is 20.1 Å². The van der Waals surface area contributed by atoms with Crippen LogP contribution >= 0.6 is 15.9 Å². The van der Waals surface area contributed by atoms with E-state index in [4.69, 9.17) is 9.47 Å². The topological polar surface area (TPSA) is 97.0 Å². The molecule has 0 bridgehead atoms. The summed E-state index contributed by atoms with van der Waals surface area (Å²) in [5, 5.41) is 5.31. The molecule has 162 valence electrons. The summed E-state index contributed by atoms with van der Waals surface area (Å²) in [6.07, 6.45) is 1.56. The molecule has 2 N–H and O–H groups in total. The minimum atomic E-state index is -0.452. The van der Waals surface area contributed by atoms with Gasteiger partial charge in [0.05, 0.1) is 11.1 Å². The molecule has 0 saturated carbocycles. The van der Waals surface area contributed by atoms with E-state index in [1.165, 1.54) is 0 Å². The maximum Gasteiger partial charge on any atom is 0.328 e. The smallest absolute Gasteiger partial charge is 0.328 e. The summed E-state index contributed by atoms with van der Waals surface area (Å²) in [5.74, 6) is 0.0645. The minimum absolute atomic E-state index is 0.178. The van der Waals surface area contributed by atoms with Crippen LogP contribution in [-0.2, 0) is 9.59 Å². The fraction of sp³-hybridized carbons (Fsp3) is 0.227. The molecule has 9 heteroatoms. The van der Waals surface area contributed by atoms with Gasteiger partial charge in [0.2, 0.25) is 0 Å². The Morgan fingerprint density at radius 2 is 1.90 bits per heavy atom. The molecule has 2 aromatic carbocycles. The van der Waals surface area contributed by atoms with E-state index in [1.807, 2.05) is 25.1 Å². The molecule has 0 aliphatic carbocycles. The number of nitrogens with one attached hydrogen (secondary N) is 2. The molecule has 1 saturated heterocycles. The molecule has 0 atom stereocenters. The lowest BCUT2D eigenvalue weighted by Gasteiger charge is -2.15. The Labute approximate surface area is 188 Å². The van der Waals surface area contributed by atoms with Crippen molar-refractivity contribution in [1.29, 1.82) is 0 Å². The zero-order valence-electron chi connectivity index (χ0n) is 17.1. The molecule has 1 aliphatic heterocycles. The van der Waals surface area contributed by atoms with Crippen molar-refractivity contribution in [3.05, 3.63) is 58.2 Å². The van der Waals surface area contributed by atoms with Crippen LogP contribution in [0.3, 0.4) is 0 Å². The molecule has 4 amide bonds. The third kappa shape index (κ3) is 5.43. The zero-order valence-corrected chi connectivity index (χ0v) is 18.7. The second-order valence-corrected chi connectivity index (χ2v) is 7.36. The van der Waals surface area contributed by atoms with Gasteiger partial charge in [0.25, 0.3) is 11.8 Å². The fourth-order valence-electron chi connectivity index (χ4n) is 2.96. The summed E-state index contributed by atoms with van der Waals surface area (Å²) < 4.78 is 11.9. The van der Waals surface area contributed by atoms with Crippen molar-refractivity contribution in [2.24, 2.45) is 0 Å². The van der Waals surface area contributed by atoms with Crippen LogP contribution in [0.25, 0.3) is 6.08 Å². The number of likely N-dealkylation sites (N-methyl/N-ethyl adjacent to an activating group) is 1. The first-order valence-electron chi connectivity index (χ1n) is 9.71. The Morgan fingerprint density at radius 3 is 2.55 bits per heavy atom. The average Bonchev–Trinajstić information content (AvgIpc) is 3.00. The maximum atomic E-state index is 12.3. The Kier molecular flexibility index (Phi) is 7.30. The fourth-order valence-corrected chi connectivity index (χ4v) is 3.53. The Hall–Kier alpha value is -3.33. The van der Waals surface area contributed by atoms with Crippen molar-refractivity contribution >= 4 is 45.5 Å². The predicted molar refractivity (Wildman–Crippen MR) is 120 cm³/mol. The lowest BCUT2D eigenvalue weighted by Crippen LogP contribution is -2.30. The summed E-state index contributed by atoms with van der Waals surface area (Å²) >= 11 is 3.44. The van der Waals surface area contributed by atoms with E-state index in [0.717, 1.165) is 4.90 Å². The predicted octanol–water partition coefficient (Wildman–Crippen LogP) is 3.78. The number of anilines is 1. The maximum absolute atomic E-state index is 12.3. The number of halogens is 1. The van der Waals surface area contributed by atoms with Crippen LogP contribution in [0.2, 0.25) is 0 Å². The number of carbonyl (C=O) groups is 3. The van der Waals surface area contributed by atoms with Gasteiger partial charge >= 0.3 is 6.03 Å². The van der Waals surface area contributed by atoms with Crippen molar-refractivity contribution in [3.8, 4) is 11.5 Å². The SMILES string of the molecule is CCOc1cc(/C=C2/NC(=O)N(CC)C2=O)cc(Br)c1OCC(=O)Nc1ccccc1. The van der Waals surface area contributed by atoms with Gasteiger partial charge in [-0.2, -0.15) is 0 Å². The summed E-state index contributed by atoms with van der Waals surface area (Å²) in [4.78, 5) is 37.5. The summed E-state index contributed by atoms with van der Waals surface area (Å²) in [5.41, 5.74) is 1.47. The monoisotopic (exact) mass is 487 g/mol. The number of hydrogen-bond donors (Lipinski definition) is 2. The number of imide groups is 1. The zero-order chi connectivity index (χ0) is 22.4. The number of urea groups is 1. The van der Waals surface area contributed by atoms with Gasteiger partial charge in [-0.1, -0.05) is 18.2 Å². The van der Waals surface area contributed by atoms with Gasteiger partial charge in [-0.05, 0) is 65.7 Å². The number of benzene rings is 2. The number of nitrogens with zero attached hydrogens (tertiary/aromatic N) is 1. The van der Waals surface area contributed by atoms with Crippen LogP contribution in [0.4, 0.5) is 10.5 Å². The molecule has 1 fully saturated rings. The van der Waals surface area contributed by atoms with E-state index in [1.54, 1.807) is 37.3 Å². The molecule has 2 aromatic rings. The first-order chi connectivity index (χ1) is 14.9. The normalized spacial score (nSPS) is 14.5. The van der Waals surface area contributed by atoms with E-state index in [-0.39, 0.29) is 30.7 Å². The Balaban J connectivity index is 1.77. The molecule has 0 radical (unpaired) electrons. The first-order valence-corrected chi connectivity index (χ1v) is 10.5. The third-order valence-corrected chi connectivity index (χ3v) is 4.92. The minimum Gasteiger partial charge on any atom is -0.490 e. The third-order valence-electron chi connectivity index (χ3n) is 4.33. The summed E-state index contributed by atoms with van der Waals surface area (Å²) in [7, 11) is 0. The highest BCUT2D eigenvalue weighted by atomic mass is 79.9. The lowest BCUT2D eigenvalue weighted by atomic mass is 10.1. The molecule has 3 rings (SSSR count). The standard InChI is InChI=1S/C22H22BrN3O5/c1-3-26-21(28)17(25-22(26)29)11-14-10-16(23)20(18(12-14)30-4-2)31-13-19(27)24-15-8-6-5-7-9-15/h5-12H,3-4,13H2,1-2H3,(H,24,27)(H,25,29)/b17-11+. The van der Waals surface area contributed by atoms with Crippen LogP contribution in [0.5, 0.6) is 11.5 Å². The van der Waals surface area contributed by atoms with Crippen LogP contribution in [0.1, 0.15) is 19.4 Å². The molecular weight excluding hydrogens is 466 g/mol. The first kappa shape index (κ1) is 22.4.